The lowest BCUT2D eigenvalue weighted by molar-refractivity contribution is -0.147. The van der Waals surface area contributed by atoms with Crippen molar-refractivity contribution in [2.45, 2.75) is 19.4 Å². The highest BCUT2D eigenvalue weighted by atomic mass is 16.5. The normalized spacial score (nSPS) is 20.1. The molecule has 1 aliphatic heterocycles. The number of esters is 1. The van der Waals surface area contributed by atoms with Crippen molar-refractivity contribution in [3.05, 3.63) is 36.0 Å². The zero-order valence-corrected chi connectivity index (χ0v) is 11.8. The third-order valence-corrected chi connectivity index (χ3v) is 4.11. The first-order valence-corrected chi connectivity index (χ1v) is 7.13. The molecule has 0 bridgehead atoms. The number of fused-ring (bicyclic) bond motifs is 1. The highest BCUT2D eigenvalue weighted by Gasteiger charge is 2.26. The highest BCUT2D eigenvalue weighted by molar-refractivity contribution is 5.83. The number of carbonyl (C=O) groups excluding carboxylic acids is 1. The maximum absolute atomic E-state index is 11.7. The lowest BCUT2D eigenvalue weighted by Gasteiger charge is -2.31. The molecule has 1 aliphatic rings. The number of likely N-dealkylation sites (tertiary alicyclic amines) is 1. The van der Waals surface area contributed by atoms with Crippen LogP contribution in [0.2, 0.25) is 0 Å². The van der Waals surface area contributed by atoms with E-state index in [9.17, 15) is 4.79 Å². The largest absolute Gasteiger partial charge is 0.469 e. The third-order valence-electron chi connectivity index (χ3n) is 4.11. The zero-order chi connectivity index (χ0) is 13.9. The van der Waals surface area contributed by atoms with E-state index in [2.05, 4.69) is 34.3 Å². The van der Waals surface area contributed by atoms with Crippen LogP contribution in [-0.2, 0) is 16.1 Å². The smallest absolute Gasteiger partial charge is 0.309 e. The average Bonchev–Trinajstić information content (AvgIpc) is 2.90. The number of H-pyrrole nitrogens is 1. The number of aromatic nitrogens is 1. The number of ether oxygens (including phenoxy) is 1. The van der Waals surface area contributed by atoms with Crippen molar-refractivity contribution in [3.8, 4) is 0 Å². The van der Waals surface area contributed by atoms with E-state index in [0.29, 0.717) is 0 Å². The van der Waals surface area contributed by atoms with Crippen molar-refractivity contribution in [1.82, 2.24) is 9.88 Å². The van der Waals surface area contributed by atoms with Gasteiger partial charge in [-0.1, -0.05) is 18.2 Å². The summed E-state index contributed by atoms with van der Waals surface area (Å²) in [5, 5.41) is 1.27. The number of nitrogens with one attached hydrogen (secondary N) is 1. The molecule has 4 heteroatoms. The van der Waals surface area contributed by atoms with E-state index in [-0.39, 0.29) is 11.9 Å². The number of rotatable bonds is 3. The molecule has 2 heterocycles. The van der Waals surface area contributed by atoms with Gasteiger partial charge in [-0.15, -0.1) is 0 Å². The van der Waals surface area contributed by atoms with Gasteiger partial charge in [0.25, 0.3) is 0 Å². The number of methoxy groups -OCH3 is 1. The number of hydrogen-bond acceptors (Lipinski definition) is 3. The molecule has 0 amide bonds. The van der Waals surface area contributed by atoms with Crippen LogP contribution >= 0.6 is 0 Å². The van der Waals surface area contributed by atoms with Gasteiger partial charge < -0.3 is 9.72 Å². The summed E-state index contributed by atoms with van der Waals surface area (Å²) in [6, 6.07) is 8.33. The van der Waals surface area contributed by atoms with E-state index in [4.69, 9.17) is 4.74 Å². The summed E-state index contributed by atoms with van der Waals surface area (Å²) in [4.78, 5) is 17.3. The molecular weight excluding hydrogens is 252 g/mol. The summed E-state index contributed by atoms with van der Waals surface area (Å²) in [6.45, 7) is 2.73. The molecule has 1 aromatic heterocycles. The lowest BCUT2D eigenvalue weighted by atomic mass is 9.98. The molecule has 106 valence electrons. The quantitative estimate of drug-likeness (QED) is 0.873. The number of para-hydroxylation sites is 1. The minimum absolute atomic E-state index is 0.0268. The van der Waals surface area contributed by atoms with Gasteiger partial charge >= 0.3 is 5.97 Å². The molecule has 2 aromatic rings. The fourth-order valence-corrected chi connectivity index (χ4v) is 3.06. The summed E-state index contributed by atoms with van der Waals surface area (Å²) in [6.07, 6.45) is 4.08. The number of piperidine rings is 1. The Morgan fingerprint density at radius 1 is 1.45 bits per heavy atom. The van der Waals surface area contributed by atoms with Crippen LogP contribution in [-0.4, -0.2) is 36.1 Å². The van der Waals surface area contributed by atoms with E-state index in [1.165, 1.54) is 23.6 Å². The first kappa shape index (κ1) is 13.2. The average molecular weight is 272 g/mol. The minimum Gasteiger partial charge on any atom is -0.469 e. The van der Waals surface area contributed by atoms with Gasteiger partial charge in [-0.25, -0.2) is 0 Å². The standard InChI is InChI=1S/C16H20N2O2/c1-20-16(19)12-5-4-8-18(10-12)11-13-9-17-15-7-3-2-6-14(13)15/h2-3,6-7,9,12,17H,4-5,8,10-11H2,1H3/t12-/m1/s1. The van der Waals surface area contributed by atoms with Crippen LogP contribution in [0.25, 0.3) is 10.9 Å². The number of carbonyl (C=O) groups is 1. The van der Waals surface area contributed by atoms with Gasteiger partial charge in [0.2, 0.25) is 0 Å². The molecule has 1 aromatic carbocycles. The highest BCUT2D eigenvalue weighted by Crippen LogP contribution is 2.23. The Morgan fingerprint density at radius 2 is 2.30 bits per heavy atom. The first-order valence-electron chi connectivity index (χ1n) is 7.13. The van der Waals surface area contributed by atoms with E-state index in [1.807, 2.05) is 6.07 Å². The van der Waals surface area contributed by atoms with Gasteiger partial charge in [0.1, 0.15) is 0 Å². The molecule has 0 unspecified atom stereocenters. The maximum atomic E-state index is 11.7. The van der Waals surface area contributed by atoms with Crippen LogP contribution in [0, 0.1) is 5.92 Å². The summed E-state index contributed by atoms with van der Waals surface area (Å²) in [5.74, 6) is -0.0485. The molecule has 0 spiro atoms. The molecule has 0 saturated carbocycles. The molecule has 3 rings (SSSR count). The maximum Gasteiger partial charge on any atom is 0.309 e. The Balaban J connectivity index is 1.72. The molecule has 1 saturated heterocycles. The summed E-state index contributed by atoms with van der Waals surface area (Å²) in [7, 11) is 1.47. The summed E-state index contributed by atoms with van der Waals surface area (Å²) >= 11 is 0. The molecule has 1 fully saturated rings. The van der Waals surface area contributed by atoms with Gasteiger partial charge in [-0.2, -0.15) is 0 Å². The Hall–Kier alpha value is -1.81. The Morgan fingerprint density at radius 3 is 3.15 bits per heavy atom. The SMILES string of the molecule is COC(=O)[C@@H]1CCCN(Cc2c[nH]c3ccccc23)C1. The van der Waals surface area contributed by atoms with Gasteiger partial charge in [0.15, 0.2) is 0 Å². The zero-order valence-electron chi connectivity index (χ0n) is 11.8. The minimum atomic E-state index is -0.0753. The van der Waals surface area contributed by atoms with E-state index >= 15 is 0 Å². The van der Waals surface area contributed by atoms with Crippen molar-refractivity contribution in [1.29, 1.82) is 0 Å². The molecular formula is C16H20N2O2. The number of aromatic amines is 1. The molecule has 1 N–H and O–H groups in total. The van der Waals surface area contributed by atoms with Crippen LogP contribution in [0.4, 0.5) is 0 Å². The van der Waals surface area contributed by atoms with Crippen LogP contribution in [0.3, 0.4) is 0 Å². The van der Waals surface area contributed by atoms with Crippen molar-refractivity contribution in [3.63, 3.8) is 0 Å². The lowest BCUT2D eigenvalue weighted by Crippen LogP contribution is -2.38. The fraction of sp³-hybridized carbons (Fsp3) is 0.438. The van der Waals surface area contributed by atoms with E-state index < -0.39 is 0 Å². The van der Waals surface area contributed by atoms with Gasteiger partial charge in [0, 0.05) is 30.2 Å². The van der Waals surface area contributed by atoms with E-state index in [0.717, 1.165) is 32.5 Å². The summed E-state index contributed by atoms with van der Waals surface area (Å²) in [5.41, 5.74) is 2.47. The Kier molecular flexibility index (Phi) is 3.74. The molecule has 1 atom stereocenters. The van der Waals surface area contributed by atoms with Crippen LogP contribution in [0.1, 0.15) is 18.4 Å². The molecule has 20 heavy (non-hydrogen) atoms. The van der Waals surface area contributed by atoms with Crippen LogP contribution in [0.15, 0.2) is 30.5 Å². The van der Waals surface area contributed by atoms with Gasteiger partial charge in [-0.05, 0) is 31.0 Å². The monoisotopic (exact) mass is 272 g/mol. The molecule has 0 aliphatic carbocycles. The van der Waals surface area contributed by atoms with Crippen molar-refractivity contribution in [2.24, 2.45) is 5.92 Å². The van der Waals surface area contributed by atoms with Crippen molar-refractivity contribution in [2.75, 3.05) is 20.2 Å². The predicted molar refractivity (Wildman–Crippen MR) is 78.3 cm³/mol. The third kappa shape index (κ3) is 2.56. The van der Waals surface area contributed by atoms with Crippen molar-refractivity contribution < 1.29 is 9.53 Å². The Labute approximate surface area is 118 Å². The molecule has 4 nitrogen and oxygen atoms in total. The van der Waals surface area contributed by atoms with Crippen LogP contribution in [0.5, 0.6) is 0 Å². The van der Waals surface area contributed by atoms with E-state index in [1.54, 1.807) is 0 Å². The van der Waals surface area contributed by atoms with Gasteiger partial charge in [0.05, 0.1) is 13.0 Å². The second-order valence-electron chi connectivity index (χ2n) is 5.46. The van der Waals surface area contributed by atoms with Crippen molar-refractivity contribution >= 4 is 16.9 Å². The topological polar surface area (TPSA) is 45.3 Å². The second kappa shape index (κ2) is 5.67. The summed E-state index contributed by atoms with van der Waals surface area (Å²) < 4.78 is 4.87. The first-order chi connectivity index (χ1) is 9.78. The fourth-order valence-electron chi connectivity index (χ4n) is 3.06. The Bertz CT molecular complexity index is 605. The second-order valence-corrected chi connectivity index (χ2v) is 5.46. The van der Waals surface area contributed by atoms with Gasteiger partial charge in [-0.3, -0.25) is 9.69 Å². The number of benzene rings is 1. The molecule has 0 radical (unpaired) electrons. The predicted octanol–water partition coefficient (Wildman–Crippen LogP) is 2.55. The number of hydrogen-bond donors (Lipinski definition) is 1. The van der Waals surface area contributed by atoms with Crippen LogP contribution < -0.4 is 0 Å². The number of nitrogens with zero attached hydrogens (tertiary/aromatic N) is 1.